The Hall–Kier alpha value is -3.20. The van der Waals surface area contributed by atoms with Gasteiger partial charge in [-0.3, -0.25) is 0 Å². The minimum absolute atomic E-state index is 0.208. The van der Waals surface area contributed by atoms with Crippen molar-refractivity contribution in [3.8, 4) is 5.82 Å². The highest BCUT2D eigenvalue weighted by molar-refractivity contribution is 5.61. The maximum Gasteiger partial charge on any atom is 0.248 e. The molecule has 0 saturated carbocycles. The molecule has 2 aromatic heterocycles. The fourth-order valence-corrected chi connectivity index (χ4v) is 4.57. The number of nitrogens with one attached hydrogen (secondary N) is 1. The van der Waals surface area contributed by atoms with Gasteiger partial charge in [0.2, 0.25) is 11.9 Å². The van der Waals surface area contributed by atoms with Gasteiger partial charge in [0.25, 0.3) is 0 Å². The van der Waals surface area contributed by atoms with Crippen LogP contribution >= 0.6 is 0 Å². The molecule has 0 bridgehead atoms. The summed E-state index contributed by atoms with van der Waals surface area (Å²) in [5, 5.41) is 7.37. The van der Waals surface area contributed by atoms with Crippen molar-refractivity contribution in [2.24, 2.45) is 0 Å². The topological polar surface area (TPSA) is 88.1 Å². The van der Waals surface area contributed by atoms with Gasteiger partial charge in [-0.25, -0.2) is 9.37 Å². The van der Waals surface area contributed by atoms with E-state index in [1.807, 2.05) is 24.3 Å². The highest BCUT2D eigenvalue weighted by Gasteiger charge is 2.27. The Labute approximate surface area is 180 Å². The number of hydrogen-bond acceptors (Lipinski definition) is 7. The van der Waals surface area contributed by atoms with E-state index in [0.29, 0.717) is 29.2 Å². The summed E-state index contributed by atoms with van der Waals surface area (Å²) in [4.78, 5) is 13.2. The minimum Gasteiger partial charge on any atom is -0.369 e. The molecule has 5 rings (SSSR count). The number of piperidine rings is 1. The number of rotatable bonds is 5. The molecule has 2 fully saturated rings. The van der Waals surface area contributed by atoms with Crippen LogP contribution < -0.4 is 16.0 Å². The Morgan fingerprint density at radius 3 is 2.55 bits per heavy atom. The molecular formula is C22H27FN8. The van der Waals surface area contributed by atoms with Gasteiger partial charge in [-0.05, 0) is 69.1 Å². The molecule has 0 radical (unpaired) electrons. The van der Waals surface area contributed by atoms with Crippen LogP contribution in [0.4, 0.5) is 27.7 Å². The third-order valence-electron chi connectivity index (χ3n) is 6.16. The number of nitrogens with two attached hydrogens (primary N) is 1. The van der Waals surface area contributed by atoms with Crippen molar-refractivity contribution in [3.63, 3.8) is 0 Å². The quantitative estimate of drug-likeness (QED) is 0.653. The fraction of sp³-hybridized carbons (Fsp3) is 0.409. The van der Waals surface area contributed by atoms with Crippen LogP contribution in [0.15, 0.2) is 42.6 Å². The Bertz CT molecular complexity index is 1020. The molecule has 31 heavy (non-hydrogen) atoms. The molecule has 4 heterocycles. The number of likely N-dealkylation sites (tertiary alicyclic amines) is 1. The summed E-state index contributed by atoms with van der Waals surface area (Å²) >= 11 is 0. The van der Waals surface area contributed by atoms with Gasteiger partial charge in [0.15, 0.2) is 5.82 Å². The second-order valence-corrected chi connectivity index (χ2v) is 8.15. The summed E-state index contributed by atoms with van der Waals surface area (Å²) in [6.45, 7) is 4.21. The maximum absolute atomic E-state index is 14.9. The van der Waals surface area contributed by atoms with E-state index < -0.39 is 0 Å². The molecule has 2 saturated heterocycles. The maximum atomic E-state index is 14.9. The predicted octanol–water partition coefficient (Wildman–Crippen LogP) is 3.19. The molecule has 162 valence electrons. The first-order valence-corrected chi connectivity index (χ1v) is 10.9. The zero-order valence-corrected chi connectivity index (χ0v) is 17.4. The molecule has 0 unspecified atom stereocenters. The minimum atomic E-state index is -0.248. The Kier molecular flexibility index (Phi) is 5.42. The lowest BCUT2D eigenvalue weighted by atomic mass is 10.0. The second kappa shape index (κ2) is 8.50. The van der Waals surface area contributed by atoms with Crippen molar-refractivity contribution in [2.45, 2.75) is 31.7 Å². The molecular weight excluding hydrogens is 395 g/mol. The molecule has 2 aliphatic rings. The highest BCUT2D eigenvalue weighted by atomic mass is 19.1. The zero-order chi connectivity index (χ0) is 21.2. The Balaban J connectivity index is 1.25. The largest absolute Gasteiger partial charge is 0.369 e. The van der Waals surface area contributed by atoms with Crippen molar-refractivity contribution in [1.29, 1.82) is 0 Å². The van der Waals surface area contributed by atoms with E-state index in [0.717, 1.165) is 25.9 Å². The van der Waals surface area contributed by atoms with Gasteiger partial charge in [0.1, 0.15) is 5.82 Å². The van der Waals surface area contributed by atoms with Crippen LogP contribution in [0.3, 0.4) is 0 Å². The van der Waals surface area contributed by atoms with Crippen LogP contribution in [0.1, 0.15) is 25.7 Å². The standard InChI is InChI=1S/C22H27FN8/c23-18-15-16(26-22-27-21(24)31(28-22)20-5-1-2-10-25-20)6-7-19(18)30-13-8-17(9-14-30)29-11-3-4-12-29/h1-2,5-7,10,15,17H,3-4,8-9,11-14H2,(H3,24,26,27,28). The number of benzene rings is 1. The van der Waals surface area contributed by atoms with Gasteiger partial charge >= 0.3 is 0 Å². The smallest absolute Gasteiger partial charge is 0.248 e. The summed E-state index contributed by atoms with van der Waals surface area (Å²) in [7, 11) is 0. The lowest BCUT2D eigenvalue weighted by Gasteiger charge is -2.37. The molecule has 0 atom stereocenters. The van der Waals surface area contributed by atoms with E-state index >= 15 is 0 Å². The number of pyridine rings is 1. The number of hydrogen-bond donors (Lipinski definition) is 2. The Morgan fingerprint density at radius 2 is 1.84 bits per heavy atom. The number of nitrogen functional groups attached to an aromatic ring is 1. The van der Waals surface area contributed by atoms with E-state index in [9.17, 15) is 4.39 Å². The molecule has 9 heteroatoms. The monoisotopic (exact) mass is 422 g/mol. The highest BCUT2D eigenvalue weighted by Crippen LogP contribution is 2.29. The summed E-state index contributed by atoms with van der Waals surface area (Å²) in [6, 6.07) is 11.3. The molecule has 0 aliphatic carbocycles. The van der Waals surface area contributed by atoms with Gasteiger partial charge in [0.05, 0.1) is 5.69 Å². The van der Waals surface area contributed by atoms with E-state index in [2.05, 4.69) is 30.2 Å². The van der Waals surface area contributed by atoms with E-state index in [1.165, 1.54) is 36.7 Å². The predicted molar refractivity (Wildman–Crippen MR) is 119 cm³/mol. The Morgan fingerprint density at radius 1 is 1.03 bits per heavy atom. The van der Waals surface area contributed by atoms with Gasteiger partial charge in [0, 0.05) is 31.0 Å². The van der Waals surface area contributed by atoms with Crippen molar-refractivity contribution >= 4 is 23.3 Å². The van der Waals surface area contributed by atoms with Gasteiger partial charge in [-0.15, -0.1) is 5.10 Å². The third kappa shape index (κ3) is 4.18. The summed E-state index contributed by atoms with van der Waals surface area (Å²) in [5.41, 5.74) is 7.19. The van der Waals surface area contributed by atoms with Gasteiger partial charge < -0.3 is 20.9 Å². The first kappa shape index (κ1) is 19.7. The number of halogens is 1. The van der Waals surface area contributed by atoms with Crippen LogP contribution in [-0.4, -0.2) is 56.9 Å². The zero-order valence-electron chi connectivity index (χ0n) is 17.4. The van der Waals surface area contributed by atoms with Crippen LogP contribution in [0.5, 0.6) is 0 Å². The normalized spacial score (nSPS) is 17.9. The van der Waals surface area contributed by atoms with Gasteiger partial charge in [-0.1, -0.05) is 6.07 Å². The molecule has 2 aliphatic heterocycles. The number of anilines is 4. The van der Waals surface area contributed by atoms with E-state index in [1.54, 1.807) is 12.3 Å². The molecule has 1 aromatic carbocycles. The SMILES string of the molecule is Nc1nc(Nc2ccc(N3CCC(N4CCCC4)CC3)c(F)c2)nn1-c1ccccn1. The third-order valence-corrected chi connectivity index (χ3v) is 6.16. The lowest BCUT2D eigenvalue weighted by Crippen LogP contribution is -2.44. The van der Waals surface area contributed by atoms with Crippen molar-refractivity contribution in [3.05, 3.63) is 48.4 Å². The summed E-state index contributed by atoms with van der Waals surface area (Å²) in [5.74, 6) is 0.821. The van der Waals surface area contributed by atoms with Crippen molar-refractivity contribution in [2.75, 3.05) is 42.1 Å². The summed E-state index contributed by atoms with van der Waals surface area (Å²) in [6.07, 6.45) is 6.46. The first-order chi connectivity index (χ1) is 15.2. The average molecular weight is 423 g/mol. The van der Waals surface area contributed by atoms with Gasteiger partial charge in [-0.2, -0.15) is 9.67 Å². The van der Waals surface area contributed by atoms with Crippen LogP contribution in [-0.2, 0) is 0 Å². The number of aromatic nitrogens is 4. The molecule has 0 amide bonds. The average Bonchev–Trinajstić information content (AvgIpc) is 3.45. The van der Waals surface area contributed by atoms with Crippen LogP contribution in [0.25, 0.3) is 5.82 Å². The van der Waals surface area contributed by atoms with Crippen LogP contribution in [0, 0.1) is 5.82 Å². The van der Waals surface area contributed by atoms with E-state index in [-0.39, 0.29) is 11.8 Å². The van der Waals surface area contributed by atoms with Crippen LogP contribution in [0.2, 0.25) is 0 Å². The second-order valence-electron chi connectivity index (χ2n) is 8.15. The molecule has 0 spiro atoms. The molecule has 8 nitrogen and oxygen atoms in total. The summed E-state index contributed by atoms with van der Waals surface area (Å²) < 4.78 is 16.4. The molecule has 3 N–H and O–H groups in total. The van der Waals surface area contributed by atoms with E-state index in [4.69, 9.17) is 5.73 Å². The lowest BCUT2D eigenvalue weighted by molar-refractivity contribution is 0.207. The fourth-order valence-electron chi connectivity index (χ4n) is 4.57. The van der Waals surface area contributed by atoms with Crippen molar-refractivity contribution in [1.82, 2.24) is 24.6 Å². The molecule has 3 aromatic rings. The first-order valence-electron chi connectivity index (χ1n) is 10.9. The number of nitrogens with zero attached hydrogens (tertiary/aromatic N) is 6. The van der Waals surface area contributed by atoms with Crippen molar-refractivity contribution < 1.29 is 4.39 Å².